The van der Waals surface area contributed by atoms with Crippen LogP contribution >= 0.6 is 0 Å². The Balaban J connectivity index is 1.95. The zero-order valence-corrected chi connectivity index (χ0v) is 10.5. The summed E-state index contributed by atoms with van der Waals surface area (Å²) in [6.45, 7) is 0. The summed E-state index contributed by atoms with van der Waals surface area (Å²) in [4.78, 5) is 29.7. The third kappa shape index (κ3) is 2.74. The number of nitrogens with one attached hydrogen (secondary N) is 2. The molecule has 0 spiro atoms. The van der Waals surface area contributed by atoms with Crippen LogP contribution in [0.25, 0.3) is 11.3 Å². The van der Waals surface area contributed by atoms with Crippen molar-refractivity contribution in [3.05, 3.63) is 52.3 Å². The lowest BCUT2D eigenvalue weighted by molar-refractivity contribution is 0.0945. The third-order valence-corrected chi connectivity index (χ3v) is 3.04. The molecule has 0 radical (unpaired) electrons. The molecule has 6 heteroatoms. The molecular weight excluding hydrogens is 261 g/mol. The lowest BCUT2D eigenvalue weighted by atomic mass is 10.1. The number of aromatic nitrogens is 2. The van der Waals surface area contributed by atoms with E-state index in [0.29, 0.717) is 11.3 Å². The number of hydrogen-bond acceptors (Lipinski definition) is 3. The van der Waals surface area contributed by atoms with Crippen molar-refractivity contribution in [2.24, 2.45) is 0 Å². The van der Waals surface area contributed by atoms with Crippen LogP contribution < -0.4 is 11.0 Å². The quantitative estimate of drug-likeness (QED) is 0.889. The molecule has 2 N–H and O–H groups in total. The summed E-state index contributed by atoms with van der Waals surface area (Å²) in [5.41, 5.74) is 0.483. The van der Waals surface area contributed by atoms with Crippen molar-refractivity contribution < 1.29 is 9.18 Å². The van der Waals surface area contributed by atoms with E-state index in [1.165, 1.54) is 30.3 Å². The minimum absolute atomic E-state index is 0.163. The number of carbonyl (C=O) groups is 1. The Labute approximate surface area is 113 Å². The van der Waals surface area contributed by atoms with Gasteiger partial charge in [0.05, 0.1) is 5.69 Å². The van der Waals surface area contributed by atoms with Crippen LogP contribution in [0.4, 0.5) is 4.39 Å². The molecular formula is C14H12FN3O2. The van der Waals surface area contributed by atoms with Crippen LogP contribution in [0.2, 0.25) is 0 Å². The monoisotopic (exact) mass is 273 g/mol. The highest BCUT2D eigenvalue weighted by Crippen LogP contribution is 2.20. The van der Waals surface area contributed by atoms with Gasteiger partial charge in [-0.05, 0) is 43.2 Å². The lowest BCUT2D eigenvalue weighted by Gasteiger charge is -2.05. The van der Waals surface area contributed by atoms with Crippen molar-refractivity contribution in [1.82, 2.24) is 15.3 Å². The van der Waals surface area contributed by atoms with E-state index in [9.17, 15) is 14.0 Å². The van der Waals surface area contributed by atoms with Gasteiger partial charge in [-0.25, -0.2) is 9.18 Å². The minimum atomic E-state index is -0.604. The summed E-state index contributed by atoms with van der Waals surface area (Å²) in [6, 6.07) is 7.28. The summed E-state index contributed by atoms with van der Waals surface area (Å²) in [7, 11) is 0. The SMILES string of the molecule is O=C(NC1CC1)c1cc(-c2ccc(F)cc2)nc(=O)[nH]1. The van der Waals surface area contributed by atoms with Crippen molar-refractivity contribution in [3.8, 4) is 11.3 Å². The van der Waals surface area contributed by atoms with E-state index in [-0.39, 0.29) is 23.5 Å². The van der Waals surface area contributed by atoms with E-state index in [1.807, 2.05) is 0 Å². The summed E-state index contributed by atoms with van der Waals surface area (Å²) < 4.78 is 12.9. The Kier molecular flexibility index (Phi) is 3.06. The smallest absolute Gasteiger partial charge is 0.346 e. The standard InChI is InChI=1S/C14H12FN3O2/c15-9-3-1-8(2-4-9)11-7-12(18-14(20)17-11)13(19)16-10-5-6-10/h1-4,7,10H,5-6H2,(H,16,19)(H,17,18,20). The molecule has 20 heavy (non-hydrogen) atoms. The first kappa shape index (κ1) is 12.5. The van der Waals surface area contributed by atoms with E-state index in [2.05, 4.69) is 15.3 Å². The van der Waals surface area contributed by atoms with Gasteiger partial charge in [0, 0.05) is 11.6 Å². The minimum Gasteiger partial charge on any atom is -0.348 e. The van der Waals surface area contributed by atoms with Crippen LogP contribution in [0.5, 0.6) is 0 Å². The molecule has 1 aromatic carbocycles. The van der Waals surface area contributed by atoms with Crippen molar-refractivity contribution in [1.29, 1.82) is 0 Å². The number of amides is 1. The number of H-pyrrole nitrogens is 1. The first-order valence-corrected chi connectivity index (χ1v) is 6.30. The Morgan fingerprint density at radius 3 is 2.65 bits per heavy atom. The van der Waals surface area contributed by atoms with Gasteiger partial charge in [0.2, 0.25) is 0 Å². The maximum atomic E-state index is 12.9. The fraction of sp³-hybridized carbons (Fsp3) is 0.214. The molecule has 102 valence electrons. The number of benzene rings is 1. The fourth-order valence-corrected chi connectivity index (χ4v) is 1.84. The maximum Gasteiger partial charge on any atom is 0.346 e. The van der Waals surface area contributed by atoms with Crippen LogP contribution in [0.15, 0.2) is 35.1 Å². The number of hydrogen-bond donors (Lipinski definition) is 2. The Morgan fingerprint density at radius 1 is 1.30 bits per heavy atom. The summed E-state index contributed by atoms with van der Waals surface area (Å²) in [5.74, 6) is -0.694. The molecule has 0 bridgehead atoms. The van der Waals surface area contributed by atoms with Crippen LogP contribution in [-0.4, -0.2) is 21.9 Å². The molecule has 0 saturated heterocycles. The van der Waals surface area contributed by atoms with Gasteiger partial charge in [0.1, 0.15) is 11.5 Å². The molecule has 1 aliphatic carbocycles. The molecule has 5 nitrogen and oxygen atoms in total. The van der Waals surface area contributed by atoms with Crippen molar-refractivity contribution in [2.45, 2.75) is 18.9 Å². The molecule has 0 unspecified atom stereocenters. The van der Waals surface area contributed by atoms with Crippen molar-refractivity contribution in [2.75, 3.05) is 0 Å². The number of halogens is 1. The third-order valence-electron chi connectivity index (χ3n) is 3.04. The van der Waals surface area contributed by atoms with E-state index < -0.39 is 5.69 Å². The molecule has 2 aromatic rings. The van der Waals surface area contributed by atoms with Gasteiger partial charge in [-0.1, -0.05) is 0 Å². The molecule has 1 saturated carbocycles. The van der Waals surface area contributed by atoms with E-state index in [4.69, 9.17) is 0 Å². The van der Waals surface area contributed by atoms with Crippen LogP contribution in [0.3, 0.4) is 0 Å². The average molecular weight is 273 g/mol. The van der Waals surface area contributed by atoms with Crippen LogP contribution in [0, 0.1) is 5.82 Å². The normalized spacial score (nSPS) is 14.1. The highest BCUT2D eigenvalue weighted by molar-refractivity contribution is 5.93. The largest absolute Gasteiger partial charge is 0.348 e. The van der Waals surface area contributed by atoms with Gasteiger partial charge in [-0.15, -0.1) is 0 Å². The molecule has 0 aliphatic heterocycles. The molecule has 1 fully saturated rings. The number of aromatic amines is 1. The maximum absolute atomic E-state index is 12.9. The summed E-state index contributed by atoms with van der Waals surface area (Å²) >= 11 is 0. The molecule has 1 amide bonds. The second-order valence-corrected chi connectivity index (χ2v) is 4.74. The van der Waals surface area contributed by atoms with Gasteiger partial charge in [-0.2, -0.15) is 4.98 Å². The highest BCUT2D eigenvalue weighted by atomic mass is 19.1. The average Bonchev–Trinajstić information content (AvgIpc) is 3.22. The van der Waals surface area contributed by atoms with Gasteiger partial charge in [0.15, 0.2) is 0 Å². The Morgan fingerprint density at radius 2 is 2.00 bits per heavy atom. The Hall–Kier alpha value is -2.50. The summed E-state index contributed by atoms with van der Waals surface area (Å²) in [5, 5.41) is 2.79. The first-order chi connectivity index (χ1) is 9.61. The number of nitrogens with zero attached hydrogens (tertiary/aromatic N) is 1. The van der Waals surface area contributed by atoms with Crippen molar-refractivity contribution >= 4 is 5.91 Å². The highest BCUT2D eigenvalue weighted by Gasteiger charge is 2.24. The number of rotatable bonds is 3. The molecule has 0 atom stereocenters. The van der Waals surface area contributed by atoms with Gasteiger partial charge in [-0.3, -0.25) is 4.79 Å². The van der Waals surface area contributed by atoms with Crippen LogP contribution in [-0.2, 0) is 0 Å². The molecule has 1 aliphatic rings. The zero-order chi connectivity index (χ0) is 14.1. The molecule has 1 aromatic heterocycles. The second kappa shape index (κ2) is 4.88. The van der Waals surface area contributed by atoms with Gasteiger partial charge >= 0.3 is 5.69 Å². The van der Waals surface area contributed by atoms with Crippen LogP contribution in [0.1, 0.15) is 23.3 Å². The lowest BCUT2D eigenvalue weighted by Crippen LogP contribution is -2.28. The predicted octanol–water partition coefficient (Wildman–Crippen LogP) is 1.47. The summed E-state index contributed by atoms with van der Waals surface area (Å²) in [6.07, 6.45) is 1.93. The van der Waals surface area contributed by atoms with Gasteiger partial charge < -0.3 is 10.3 Å². The topological polar surface area (TPSA) is 74.8 Å². The predicted molar refractivity (Wildman–Crippen MR) is 70.7 cm³/mol. The van der Waals surface area contributed by atoms with E-state index in [0.717, 1.165) is 12.8 Å². The molecule has 3 rings (SSSR count). The number of carbonyl (C=O) groups excluding carboxylic acids is 1. The fourth-order valence-electron chi connectivity index (χ4n) is 1.84. The van der Waals surface area contributed by atoms with Crippen molar-refractivity contribution in [3.63, 3.8) is 0 Å². The second-order valence-electron chi connectivity index (χ2n) is 4.74. The van der Waals surface area contributed by atoms with E-state index >= 15 is 0 Å². The molecule has 1 heterocycles. The van der Waals surface area contributed by atoms with Gasteiger partial charge in [0.25, 0.3) is 5.91 Å². The first-order valence-electron chi connectivity index (χ1n) is 6.30. The van der Waals surface area contributed by atoms with E-state index in [1.54, 1.807) is 0 Å². The Bertz CT molecular complexity index is 705. The zero-order valence-electron chi connectivity index (χ0n) is 10.5.